The van der Waals surface area contributed by atoms with Gasteiger partial charge in [0.2, 0.25) is 0 Å². The lowest BCUT2D eigenvalue weighted by molar-refractivity contribution is 0.208. The maximum Gasteiger partial charge on any atom is 0.150 e. The molecule has 0 aromatic heterocycles. The second kappa shape index (κ2) is 5.54. The second-order valence-electron chi connectivity index (χ2n) is 5.02. The van der Waals surface area contributed by atoms with Crippen molar-refractivity contribution in [2.45, 2.75) is 19.9 Å². The zero-order valence-electron chi connectivity index (χ0n) is 11.2. The Labute approximate surface area is 112 Å². The quantitative estimate of drug-likeness (QED) is 0.822. The van der Waals surface area contributed by atoms with Gasteiger partial charge in [-0.25, -0.2) is 8.78 Å². The number of piperazine rings is 1. The molecule has 0 unspecified atom stereocenters. The smallest absolute Gasteiger partial charge is 0.150 e. The van der Waals surface area contributed by atoms with Gasteiger partial charge in [0.05, 0.1) is 11.6 Å². The molecule has 0 amide bonds. The highest BCUT2D eigenvalue weighted by Crippen LogP contribution is 2.26. The molecule has 1 saturated heterocycles. The number of nitriles is 1. The molecule has 0 N–H and O–H groups in total. The van der Waals surface area contributed by atoms with Crippen LogP contribution in [0.25, 0.3) is 0 Å². The minimum absolute atomic E-state index is 0.0117. The van der Waals surface area contributed by atoms with E-state index in [0.29, 0.717) is 19.1 Å². The Morgan fingerprint density at radius 3 is 2.05 bits per heavy atom. The van der Waals surface area contributed by atoms with Crippen LogP contribution in [0.3, 0.4) is 0 Å². The van der Waals surface area contributed by atoms with E-state index in [2.05, 4.69) is 18.7 Å². The third kappa shape index (κ3) is 2.85. The van der Waals surface area contributed by atoms with Crippen LogP contribution in [-0.4, -0.2) is 37.1 Å². The van der Waals surface area contributed by atoms with Crippen molar-refractivity contribution in [3.05, 3.63) is 29.3 Å². The average molecular weight is 265 g/mol. The molecule has 1 heterocycles. The van der Waals surface area contributed by atoms with Gasteiger partial charge in [0.25, 0.3) is 0 Å². The molecule has 19 heavy (non-hydrogen) atoms. The van der Waals surface area contributed by atoms with E-state index in [4.69, 9.17) is 5.26 Å². The van der Waals surface area contributed by atoms with Gasteiger partial charge in [0.15, 0.2) is 11.6 Å². The van der Waals surface area contributed by atoms with Crippen molar-refractivity contribution < 1.29 is 8.78 Å². The van der Waals surface area contributed by atoms with Gasteiger partial charge in [-0.05, 0) is 26.0 Å². The molecule has 0 atom stereocenters. The predicted molar refractivity (Wildman–Crippen MR) is 70.0 cm³/mol. The summed E-state index contributed by atoms with van der Waals surface area (Å²) in [7, 11) is 0. The largest absolute Gasteiger partial charge is 0.364 e. The molecule has 1 aromatic carbocycles. The van der Waals surface area contributed by atoms with Crippen molar-refractivity contribution in [2.24, 2.45) is 0 Å². The molecule has 0 bridgehead atoms. The lowest BCUT2D eigenvalue weighted by Gasteiger charge is -2.38. The Hall–Kier alpha value is -1.67. The summed E-state index contributed by atoms with van der Waals surface area (Å²) in [5, 5.41) is 8.68. The summed E-state index contributed by atoms with van der Waals surface area (Å²) >= 11 is 0. The van der Waals surface area contributed by atoms with E-state index in [-0.39, 0.29) is 11.3 Å². The number of rotatable bonds is 2. The Morgan fingerprint density at radius 2 is 1.63 bits per heavy atom. The normalized spacial score (nSPS) is 16.7. The molecule has 0 saturated carbocycles. The molecule has 1 aromatic rings. The first-order chi connectivity index (χ1) is 9.02. The van der Waals surface area contributed by atoms with Crippen LogP contribution in [0.5, 0.6) is 0 Å². The number of hydrogen-bond acceptors (Lipinski definition) is 3. The minimum atomic E-state index is -0.658. The van der Waals surface area contributed by atoms with E-state index in [9.17, 15) is 8.78 Å². The van der Waals surface area contributed by atoms with Crippen molar-refractivity contribution in [1.29, 1.82) is 5.26 Å². The number of nitrogens with zero attached hydrogens (tertiary/aromatic N) is 3. The first-order valence-electron chi connectivity index (χ1n) is 6.41. The van der Waals surface area contributed by atoms with E-state index >= 15 is 0 Å². The fourth-order valence-electron chi connectivity index (χ4n) is 2.39. The molecule has 0 spiro atoms. The van der Waals surface area contributed by atoms with Crippen LogP contribution in [0.1, 0.15) is 19.4 Å². The average Bonchev–Trinajstić information content (AvgIpc) is 2.38. The molecule has 3 nitrogen and oxygen atoms in total. The zero-order chi connectivity index (χ0) is 14.0. The van der Waals surface area contributed by atoms with Gasteiger partial charge >= 0.3 is 0 Å². The van der Waals surface area contributed by atoms with E-state index < -0.39 is 11.6 Å². The summed E-state index contributed by atoms with van der Waals surface area (Å²) < 4.78 is 27.8. The van der Waals surface area contributed by atoms with Gasteiger partial charge in [-0.15, -0.1) is 0 Å². The SMILES string of the molecule is CC(C)N1CCN(c2c(F)cc(C#N)cc2F)CC1. The molecule has 1 aliphatic rings. The highest BCUT2D eigenvalue weighted by molar-refractivity contribution is 5.53. The van der Waals surface area contributed by atoms with Crippen molar-refractivity contribution in [3.63, 3.8) is 0 Å². The summed E-state index contributed by atoms with van der Waals surface area (Å²) in [6, 6.07) is 4.38. The van der Waals surface area contributed by atoms with Crippen LogP contribution in [-0.2, 0) is 0 Å². The lowest BCUT2D eigenvalue weighted by Crippen LogP contribution is -2.49. The van der Waals surface area contributed by atoms with Crippen molar-refractivity contribution in [3.8, 4) is 6.07 Å². The van der Waals surface area contributed by atoms with Crippen LogP contribution in [0.4, 0.5) is 14.5 Å². The number of benzene rings is 1. The number of halogens is 2. The standard InChI is InChI=1S/C14H17F2N3/c1-10(2)18-3-5-19(6-4-18)14-12(15)7-11(9-17)8-13(14)16/h7-8,10H,3-6H2,1-2H3. The minimum Gasteiger partial charge on any atom is -0.364 e. The summed E-state index contributed by atoms with van der Waals surface area (Å²) in [5.41, 5.74) is 0.00183. The molecular formula is C14H17F2N3. The molecule has 5 heteroatoms. The van der Waals surface area contributed by atoms with Gasteiger partial charge in [0, 0.05) is 32.2 Å². The van der Waals surface area contributed by atoms with Crippen LogP contribution in [0.2, 0.25) is 0 Å². The van der Waals surface area contributed by atoms with E-state index in [1.54, 1.807) is 11.0 Å². The maximum absolute atomic E-state index is 13.9. The first kappa shape index (κ1) is 13.8. The molecule has 1 aliphatic heterocycles. The fraction of sp³-hybridized carbons (Fsp3) is 0.500. The van der Waals surface area contributed by atoms with Crippen molar-refractivity contribution in [2.75, 3.05) is 31.1 Å². The molecule has 0 aliphatic carbocycles. The zero-order valence-corrected chi connectivity index (χ0v) is 11.2. The second-order valence-corrected chi connectivity index (χ2v) is 5.02. The molecule has 2 rings (SSSR count). The Bertz CT molecular complexity index is 477. The molecule has 0 radical (unpaired) electrons. The van der Waals surface area contributed by atoms with Gasteiger partial charge < -0.3 is 4.90 Å². The maximum atomic E-state index is 13.9. The molecule has 102 valence electrons. The third-order valence-corrected chi connectivity index (χ3v) is 3.51. The number of anilines is 1. The highest BCUT2D eigenvalue weighted by atomic mass is 19.1. The fourth-order valence-corrected chi connectivity index (χ4v) is 2.39. The molecular weight excluding hydrogens is 248 g/mol. The first-order valence-corrected chi connectivity index (χ1v) is 6.41. The lowest BCUT2D eigenvalue weighted by atomic mass is 10.1. The van der Waals surface area contributed by atoms with E-state index in [1.807, 2.05) is 0 Å². The van der Waals surface area contributed by atoms with Crippen LogP contribution < -0.4 is 4.90 Å². The predicted octanol–water partition coefficient (Wildman–Crippen LogP) is 2.37. The van der Waals surface area contributed by atoms with Gasteiger partial charge in [0.1, 0.15) is 5.69 Å². The van der Waals surface area contributed by atoms with Crippen molar-refractivity contribution >= 4 is 5.69 Å². The van der Waals surface area contributed by atoms with Gasteiger partial charge in [-0.2, -0.15) is 5.26 Å². The Morgan fingerprint density at radius 1 is 1.11 bits per heavy atom. The summed E-state index contributed by atoms with van der Waals surface area (Å²) in [4.78, 5) is 3.99. The van der Waals surface area contributed by atoms with E-state index in [1.165, 1.54) is 0 Å². The van der Waals surface area contributed by atoms with Crippen molar-refractivity contribution in [1.82, 2.24) is 4.90 Å². The summed E-state index contributed by atoms with van der Waals surface area (Å²) in [5.74, 6) is -1.32. The van der Waals surface area contributed by atoms with Gasteiger partial charge in [-0.1, -0.05) is 0 Å². The Balaban J connectivity index is 2.18. The summed E-state index contributed by atoms with van der Waals surface area (Å²) in [6.45, 7) is 6.99. The highest BCUT2D eigenvalue weighted by Gasteiger charge is 2.23. The number of hydrogen-bond donors (Lipinski definition) is 0. The van der Waals surface area contributed by atoms with Crippen LogP contribution >= 0.6 is 0 Å². The molecule has 1 fully saturated rings. The van der Waals surface area contributed by atoms with Crippen LogP contribution in [0, 0.1) is 23.0 Å². The summed E-state index contributed by atoms with van der Waals surface area (Å²) in [6.07, 6.45) is 0. The monoisotopic (exact) mass is 265 g/mol. The topological polar surface area (TPSA) is 30.3 Å². The van der Waals surface area contributed by atoms with E-state index in [0.717, 1.165) is 25.2 Å². The third-order valence-electron chi connectivity index (χ3n) is 3.51. The van der Waals surface area contributed by atoms with Gasteiger partial charge in [-0.3, -0.25) is 4.90 Å². The Kier molecular flexibility index (Phi) is 4.01. The van der Waals surface area contributed by atoms with Crippen LogP contribution in [0.15, 0.2) is 12.1 Å².